The van der Waals surface area contributed by atoms with E-state index in [0.717, 1.165) is 30.5 Å². The van der Waals surface area contributed by atoms with Gasteiger partial charge in [-0.3, -0.25) is 0 Å². The van der Waals surface area contributed by atoms with E-state index in [4.69, 9.17) is 9.47 Å². The molecule has 0 radical (unpaired) electrons. The molecule has 1 aromatic carbocycles. The maximum Gasteiger partial charge on any atom is 0.321 e. The number of ether oxygens (including phenoxy) is 2. The number of urea groups is 1. The van der Waals surface area contributed by atoms with Gasteiger partial charge in [-0.05, 0) is 19.1 Å². The Labute approximate surface area is 170 Å². The maximum absolute atomic E-state index is 12.7. The summed E-state index contributed by atoms with van der Waals surface area (Å²) in [5.41, 5.74) is 0.698. The van der Waals surface area contributed by atoms with Crippen LogP contribution in [0.4, 0.5) is 22.1 Å². The van der Waals surface area contributed by atoms with Gasteiger partial charge in [-0.25, -0.2) is 14.8 Å². The smallest absolute Gasteiger partial charge is 0.321 e. The Kier molecular flexibility index (Phi) is 5.28. The molecule has 1 aromatic heterocycles. The molecule has 1 N–H and O–H groups in total. The Morgan fingerprint density at radius 3 is 2.48 bits per heavy atom. The van der Waals surface area contributed by atoms with Crippen molar-refractivity contribution in [3.8, 4) is 11.5 Å². The van der Waals surface area contributed by atoms with E-state index in [1.807, 2.05) is 49.0 Å². The lowest BCUT2D eigenvalue weighted by molar-refractivity contribution is 0.171. The van der Waals surface area contributed by atoms with Crippen molar-refractivity contribution in [2.75, 3.05) is 68.6 Å². The number of carbonyl (C=O) groups is 1. The van der Waals surface area contributed by atoms with Gasteiger partial charge in [0.05, 0.1) is 0 Å². The van der Waals surface area contributed by atoms with E-state index < -0.39 is 0 Å². The van der Waals surface area contributed by atoms with Gasteiger partial charge < -0.3 is 29.5 Å². The molecular weight excluding hydrogens is 372 g/mol. The minimum Gasteiger partial charge on any atom is -0.486 e. The molecule has 0 aliphatic carbocycles. The third-order valence-corrected chi connectivity index (χ3v) is 4.95. The molecule has 0 atom stereocenters. The Morgan fingerprint density at radius 1 is 1.03 bits per heavy atom. The molecule has 2 aromatic rings. The quantitative estimate of drug-likeness (QED) is 0.846. The van der Waals surface area contributed by atoms with E-state index in [-0.39, 0.29) is 6.03 Å². The summed E-state index contributed by atoms with van der Waals surface area (Å²) >= 11 is 0. The second-order valence-corrected chi connectivity index (χ2v) is 7.29. The molecule has 29 heavy (non-hydrogen) atoms. The van der Waals surface area contributed by atoms with E-state index in [9.17, 15) is 4.79 Å². The van der Waals surface area contributed by atoms with Crippen LogP contribution in [0.2, 0.25) is 0 Å². The minimum absolute atomic E-state index is 0.117. The summed E-state index contributed by atoms with van der Waals surface area (Å²) in [6.07, 6.45) is 0. The summed E-state index contributed by atoms with van der Waals surface area (Å²) in [6, 6.07) is 7.32. The zero-order valence-corrected chi connectivity index (χ0v) is 17.0. The minimum atomic E-state index is -0.117. The molecule has 9 nitrogen and oxygen atoms in total. The molecule has 2 aliphatic heterocycles. The summed E-state index contributed by atoms with van der Waals surface area (Å²) in [5.74, 6) is 3.89. The van der Waals surface area contributed by atoms with Gasteiger partial charge in [0, 0.05) is 58.1 Å². The van der Waals surface area contributed by atoms with Crippen LogP contribution >= 0.6 is 0 Å². The van der Waals surface area contributed by atoms with Crippen molar-refractivity contribution in [1.29, 1.82) is 0 Å². The monoisotopic (exact) mass is 398 g/mol. The highest BCUT2D eigenvalue weighted by molar-refractivity contribution is 5.90. The van der Waals surface area contributed by atoms with Crippen molar-refractivity contribution < 1.29 is 14.3 Å². The number of anilines is 3. The van der Waals surface area contributed by atoms with Gasteiger partial charge in [0.15, 0.2) is 11.5 Å². The van der Waals surface area contributed by atoms with Crippen molar-refractivity contribution in [3.05, 3.63) is 30.1 Å². The largest absolute Gasteiger partial charge is 0.486 e. The van der Waals surface area contributed by atoms with Crippen molar-refractivity contribution in [1.82, 2.24) is 14.9 Å². The number of aryl methyl sites for hydroxylation is 1. The van der Waals surface area contributed by atoms with Crippen LogP contribution in [0, 0.1) is 6.92 Å². The van der Waals surface area contributed by atoms with Crippen molar-refractivity contribution >= 4 is 23.4 Å². The number of nitrogens with one attached hydrogen (secondary N) is 1. The average molecular weight is 398 g/mol. The SMILES string of the molecule is Cc1nc(N(C)C)cc(N2CCN(C(=O)Nc3ccc4c(c3)OCCO4)CC2)n1. The molecule has 1 saturated heterocycles. The Morgan fingerprint density at radius 2 is 1.76 bits per heavy atom. The fourth-order valence-electron chi connectivity index (χ4n) is 3.39. The fourth-order valence-corrected chi connectivity index (χ4v) is 3.39. The van der Waals surface area contributed by atoms with Gasteiger partial charge in [-0.2, -0.15) is 0 Å². The second-order valence-electron chi connectivity index (χ2n) is 7.29. The zero-order chi connectivity index (χ0) is 20.4. The summed E-state index contributed by atoms with van der Waals surface area (Å²) in [5, 5.41) is 2.95. The molecule has 4 rings (SSSR count). The van der Waals surface area contributed by atoms with E-state index in [0.29, 0.717) is 43.5 Å². The number of hydrogen-bond acceptors (Lipinski definition) is 7. The van der Waals surface area contributed by atoms with Crippen LogP contribution < -0.4 is 24.6 Å². The summed E-state index contributed by atoms with van der Waals surface area (Å²) in [4.78, 5) is 27.6. The van der Waals surface area contributed by atoms with Crippen LogP contribution in [-0.4, -0.2) is 74.4 Å². The van der Waals surface area contributed by atoms with Gasteiger partial charge in [-0.15, -0.1) is 0 Å². The summed E-state index contributed by atoms with van der Waals surface area (Å²) in [7, 11) is 3.93. The van der Waals surface area contributed by atoms with Gasteiger partial charge in [0.2, 0.25) is 0 Å². The van der Waals surface area contributed by atoms with Crippen LogP contribution in [-0.2, 0) is 0 Å². The lowest BCUT2D eigenvalue weighted by atomic mass is 10.2. The van der Waals surface area contributed by atoms with Gasteiger partial charge >= 0.3 is 6.03 Å². The van der Waals surface area contributed by atoms with Crippen molar-refractivity contribution in [2.24, 2.45) is 0 Å². The first-order chi connectivity index (χ1) is 14.0. The molecular formula is C20H26N6O3. The second kappa shape index (κ2) is 8.02. The maximum atomic E-state index is 12.7. The first-order valence-electron chi connectivity index (χ1n) is 9.73. The number of hydrogen-bond donors (Lipinski definition) is 1. The van der Waals surface area contributed by atoms with Crippen LogP contribution in [0.1, 0.15) is 5.82 Å². The van der Waals surface area contributed by atoms with Crippen molar-refractivity contribution in [2.45, 2.75) is 6.92 Å². The number of amides is 2. The van der Waals surface area contributed by atoms with Crippen molar-refractivity contribution in [3.63, 3.8) is 0 Å². The molecule has 0 spiro atoms. The molecule has 2 aliphatic rings. The molecule has 0 bridgehead atoms. The predicted octanol–water partition coefficient (Wildman–Crippen LogP) is 1.98. The number of nitrogens with zero attached hydrogens (tertiary/aromatic N) is 5. The van der Waals surface area contributed by atoms with Gasteiger partial charge in [0.1, 0.15) is 30.7 Å². The van der Waals surface area contributed by atoms with Gasteiger partial charge in [0.25, 0.3) is 0 Å². The molecule has 9 heteroatoms. The number of benzene rings is 1. The fraction of sp³-hybridized carbons (Fsp3) is 0.450. The molecule has 0 saturated carbocycles. The number of carbonyl (C=O) groups excluding carboxylic acids is 1. The Bertz CT molecular complexity index is 896. The molecule has 2 amide bonds. The molecule has 0 unspecified atom stereocenters. The number of piperazine rings is 1. The standard InChI is InChI=1S/C20H26N6O3/c1-14-21-18(24(2)3)13-19(22-14)25-6-8-26(9-7-25)20(27)23-15-4-5-16-17(12-15)29-11-10-28-16/h4-5,12-13H,6-11H2,1-3H3,(H,23,27). The number of fused-ring (bicyclic) bond motifs is 1. The third kappa shape index (κ3) is 4.28. The Balaban J connectivity index is 1.36. The first kappa shape index (κ1) is 19.1. The van der Waals surface area contributed by atoms with E-state index in [2.05, 4.69) is 20.2 Å². The highest BCUT2D eigenvalue weighted by atomic mass is 16.6. The van der Waals surface area contributed by atoms with Crippen LogP contribution in [0.5, 0.6) is 11.5 Å². The van der Waals surface area contributed by atoms with E-state index in [1.165, 1.54) is 0 Å². The number of aromatic nitrogens is 2. The van der Waals surface area contributed by atoms with Crippen LogP contribution in [0.25, 0.3) is 0 Å². The topological polar surface area (TPSA) is 83.1 Å². The predicted molar refractivity (Wildman–Crippen MR) is 111 cm³/mol. The van der Waals surface area contributed by atoms with E-state index in [1.54, 1.807) is 6.07 Å². The first-order valence-corrected chi connectivity index (χ1v) is 9.73. The lowest BCUT2D eigenvalue weighted by Crippen LogP contribution is -2.50. The number of rotatable bonds is 3. The highest BCUT2D eigenvalue weighted by Gasteiger charge is 2.23. The Hall–Kier alpha value is -3.23. The third-order valence-electron chi connectivity index (χ3n) is 4.95. The zero-order valence-electron chi connectivity index (χ0n) is 17.0. The van der Waals surface area contributed by atoms with Gasteiger partial charge in [-0.1, -0.05) is 0 Å². The van der Waals surface area contributed by atoms with Crippen LogP contribution in [0.15, 0.2) is 24.3 Å². The summed E-state index contributed by atoms with van der Waals surface area (Å²) < 4.78 is 11.1. The normalized spacial score (nSPS) is 15.8. The van der Waals surface area contributed by atoms with Crippen LogP contribution in [0.3, 0.4) is 0 Å². The average Bonchev–Trinajstić information content (AvgIpc) is 2.73. The molecule has 154 valence electrons. The highest BCUT2D eigenvalue weighted by Crippen LogP contribution is 2.32. The molecule has 3 heterocycles. The lowest BCUT2D eigenvalue weighted by Gasteiger charge is -2.35. The summed E-state index contributed by atoms with van der Waals surface area (Å²) in [6.45, 7) is 5.64. The van der Waals surface area contributed by atoms with E-state index >= 15 is 0 Å². The molecule has 1 fully saturated rings.